The van der Waals surface area contributed by atoms with Crippen molar-refractivity contribution in [1.82, 2.24) is 20.9 Å². The van der Waals surface area contributed by atoms with E-state index in [0.717, 1.165) is 37.5 Å². The van der Waals surface area contributed by atoms with Crippen LogP contribution >= 0.6 is 0 Å². The molecule has 2 aliphatic rings. The van der Waals surface area contributed by atoms with E-state index < -0.39 is 56.2 Å². The van der Waals surface area contributed by atoms with Crippen molar-refractivity contribution < 1.29 is 32.3 Å². The molecule has 2 heterocycles. The second-order valence-corrected chi connectivity index (χ2v) is 17.9. The SMILES string of the molecule is Cc1ccc(C(=O)N[C@H](C(=O)N[C@@H](Cc2ccccc2)[C@H](O)CN2CC3CCCCC3C[C@H]2C(=O)NC(C)(C)C)C(C)(C)S(C)(=O)=O)o1. The smallest absolute Gasteiger partial charge is 0.287 e. The van der Waals surface area contributed by atoms with Crippen molar-refractivity contribution in [3.8, 4) is 0 Å². The van der Waals surface area contributed by atoms with Gasteiger partial charge in [-0.25, -0.2) is 8.42 Å². The standard InChI is InChI=1S/C36H54N4O7S/c1-23-17-18-30(47-23)33(43)38-31(36(5,6)48(7,45)46)34(44)37-27(19-24-13-9-8-10-14-24)29(41)22-40-21-26-16-12-11-15-25(26)20-28(40)32(42)39-35(2,3)4/h8-10,13-14,17-18,25-29,31,41H,11-12,15-16,19-22H2,1-7H3,(H,37,44)(H,38,43)(H,39,42)/t25?,26?,27-,28-,29+,31+/m0/s1. The number of aliphatic hydroxyl groups is 1. The number of benzene rings is 1. The van der Waals surface area contributed by atoms with E-state index >= 15 is 0 Å². The number of nitrogens with one attached hydrogen (secondary N) is 3. The number of amides is 3. The summed E-state index contributed by atoms with van der Waals surface area (Å²) in [6.45, 7) is 11.1. The van der Waals surface area contributed by atoms with E-state index in [0.29, 0.717) is 30.6 Å². The molecule has 2 aromatic rings. The molecule has 1 saturated carbocycles. The van der Waals surface area contributed by atoms with Gasteiger partial charge in [0.05, 0.1) is 22.9 Å². The van der Waals surface area contributed by atoms with E-state index in [2.05, 4.69) is 20.9 Å². The number of carbonyl (C=O) groups is 3. The molecule has 0 spiro atoms. The van der Waals surface area contributed by atoms with Crippen molar-refractivity contribution in [3.05, 3.63) is 59.5 Å². The number of fused-ring (bicyclic) bond motifs is 1. The number of likely N-dealkylation sites (tertiary alicyclic amines) is 1. The first kappa shape index (κ1) is 37.6. The molecular weight excluding hydrogens is 632 g/mol. The second-order valence-electron chi connectivity index (χ2n) is 15.3. The number of β-amino-alcohol motifs (C(OH)–C–C–N with tert-alkyl or cyclic N) is 1. The Bertz CT molecular complexity index is 1530. The molecule has 0 bridgehead atoms. The van der Waals surface area contributed by atoms with Crippen LogP contribution in [0.1, 0.15) is 88.6 Å². The molecular formula is C36H54N4O7S. The molecule has 1 aliphatic carbocycles. The molecule has 1 aromatic carbocycles. The molecule has 0 radical (unpaired) electrons. The summed E-state index contributed by atoms with van der Waals surface area (Å²) in [5.74, 6) is -0.260. The van der Waals surface area contributed by atoms with E-state index in [4.69, 9.17) is 4.42 Å². The van der Waals surface area contributed by atoms with Crippen LogP contribution in [0.15, 0.2) is 46.9 Å². The van der Waals surface area contributed by atoms with Crippen LogP contribution in [0.25, 0.3) is 0 Å². The molecule has 6 atom stereocenters. The van der Waals surface area contributed by atoms with Crippen LogP contribution in [0.4, 0.5) is 0 Å². The van der Waals surface area contributed by atoms with E-state index in [-0.39, 0.29) is 24.6 Å². The quantitative estimate of drug-likeness (QED) is 0.265. The lowest BCUT2D eigenvalue weighted by Gasteiger charge is -2.47. The Labute approximate surface area is 285 Å². The average Bonchev–Trinajstić information content (AvgIpc) is 3.44. The lowest BCUT2D eigenvalue weighted by Crippen LogP contribution is -2.64. The Morgan fingerprint density at radius 2 is 1.62 bits per heavy atom. The van der Waals surface area contributed by atoms with Crippen molar-refractivity contribution in [2.75, 3.05) is 19.3 Å². The molecule has 3 amide bonds. The molecule has 4 N–H and O–H groups in total. The van der Waals surface area contributed by atoms with Gasteiger partial charge in [-0.15, -0.1) is 0 Å². The normalized spacial score (nSPS) is 22.5. The highest BCUT2D eigenvalue weighted by Gasteiger charge is 2.46. The number of sulfone groups is 1. The maximum atomic E-state index is 14.1. The third kappa shape index (κ3) is 9.47. The zero-order valence-corrected chi connectivity index (χ0v) is 30.2. The van der Waals surface area contributed by atoms with Crippen molar-refractivity contribution >= 4 is 27.6 Å². The minimum atomic E-state index is -3.87. The lowest BCUT2D eigenvalue weighted by molar-refractivity contribution is -0.133. The van der Waals surface area contributed by atoms with Crippen LogP contribution in [0.3, 0.4) is 0 Å². The molecule has 12 heteroatoms. The second kappa shape index (κ2) is 15.1. The minimum Gasteiger partial charge on any atom is -0.456 e. The van der Waals surface area contributed by atoms with Crippen LogP contribution in [0.2, 0.25) is 0 Å². The fourth-order valence-corrected chi connectivity index (χ4v) is 7.53. The van der Waals surface area contributed by atoms with Crippen LogP contribution < -0.4 is 16.0 Å². The Kier molecular flexibility index (Phi) is 11.8. The molecule has 2 fully saturated rings. The largest absolute Gasteiger partial charge is 0.456 e. The van der Waals surface area contributed by atoms with Gasteiger partial charge in [0, 0.05) is 24.9 Å². The first-order valence-electron chi connectivity index (χ1n) is 17.0. The van der Waals surface area contributed by atoms with Gasteiger partial charge in [0.1, 0.15) is 11.8 Å². The van der Waals surface area contributed by atoms with E-state index in [1.54, 1.807) is 13.0 Å². The summed E-state index contributed by atoms with van der Waals surface area (Å²) in [4.78, 5) is 43.0. The highest BCUT2D eigenvalue weighted by molar-refractivity contribution is 7.92. The molecule has 48 heavy (non-hydrogen) atoms. The highest BCUT2D eigenvalue weighted by Crippen LogP contribution is 2.39. The minimum absolute atomic E-state index is 0.0545. The predicted octanol–water partition coefficient (Wildman–Crippen LogP) is 3.39. The van der Waals surface area contributed by atoms with Gasteiger partial charge in [-0.1, -0.05) is 49.6 Å². The average molecular weight is 687 g/mol. The van der Waals surface area contributed by atoms with Gasteiger partial charge in [-0.2, -0.15) is 0 Å². The zero-order valence-electron chi connectivity index (χ0n) is 29.4. The van der Waals surface area contributed by atoms with Crippen LogP contribution in [-0.4, -0.2) is 90.0 Å². The molecule has 266 valence electrons. The molecule has 1 aromatic heterocycles. The summed E-state index contributed by atoms with van der Waals surface area (Å²) in [7, 11) is -3.87. The van der Waals surface area contributed by atoms with Crippen molar-refractivity contribution in [2.24, 2.45) is 11.8 Å². The summed E-state index contributed by atoms with van der Waals surface area (Å²) < 4.78 is 29.6. The van der Waals surface area contributed by atoms with Crippen molar-refractivity contribution in [1.29, 1.82) is 0 Å². The van der Waals surface area contributed by atoms with E-state index in [9.17, 15) is 27.9 Å². The number of aliphatic hydroxyl groups excluding tert-OH is 1. The van der Waals surface area contributed by atoms with Gasteiger partial charge in [-0.05, 0) is 90.3 Å². The molecule has 11 nitrogen and oxygen atoms in total. The van der Waals surface area contributed by atoms with Crippen molar-refractivity contribution in [3.63, 3.8) is 0 Å². The molecule has 1 saturated heterocycles. The van der Waals surface area contributed by atoms with Gasteiger partial charge < -0.3 is 25.5 Å². The van der Waals surface area contributed by atoms with Crippen LogP contribution in [0.5, 0.6) is 0 Å². The van der Waals surface area contributed by atoms with Gasteiger partial charge in [0.15, 0.2) is 15.6 Å². The lowest BCUT2D eigenvalue weighted by atomic mass is 9.72. The Balaban J connectivity index is 1.62. The van der Waals surface area contributed by atoms with Gasteiger partial charge >= 0.3 is 0 Å². The summed E-state index contributed by atoms with van der Waals surface area (Å²) in [6, 6.07) is 9.62. The number of aryl methyl sites for hydroxylation is 1. The number of piperidine rings is 1. The number of carbonyl (C=O) groups excluding carboxylic acids is 3. The highest BCUT2D eigenvalue weighted by atomic mass is 32.2. The molecule has 1 aliphatic heterocycles. The van der Waals surface area contributed by atoms with Gasteiger partial charge in [-0.3, -0.25) is 19.3 Å². The zero-order chi connectivity index (χ0) is 35.4. The fourth-order valence-electron chi connectivity index (χ4n) is 6.94. The van der Waals surface area contributed by atoms with E-state index in [1.165, 1.54) is 19.9 Å². The van der Waals surface area contributed by atoms with Gasteiger partial charge in [0.25, 0.3) is 5.91 Å². The first-order chi connectivity index (χ1) is 22.4. The van der Waals surface area contributed by atoms with E-state index in [1.807, 2.05) is 51.1 Å². The number of nitrogens with zero attached hydrogens (tertiary/aromatic N) is 1. The number of hydrogen-bond acceptors (Lipinski definition) is 8. The topological polar surface area (TPSA) is 158 Å². The summed E-state index contributed by atoms with van der Waals surface area (Å²) >= 11 is 0. The molecule has 4 rings (SSSR count). The monoisotopic (exact) mass is 686 g/mol. The summed E-state index contributed by atoms with van der Waals surface area (Å²) in [5, 5.41) is 20.5. The number of rotatable bonds is 12. The van der Waals surface area contributed by atoms with Gasteiger partial charge in [0.2, 0.25) is 11.8 Å². The number of furan rings is 1. The Morgan fingerprint density at radius 3 is 2.21 bits per heavy atom. The number of hydrogen-bond donors (Lipinski definition) is 4. The Hall–Kier alpha value is -3.22. The van der Waals surface area contributed by atoms with Crippen molar-refractivity contribution in [2.45, 2.75) is 115 Å². The Morgan fingerprint density at radius 1 is 0.979 bits per heavy atom. The van der Waals surface area contributed by atoms with Crippen LogP contribution in [0, 0.1) is 18.8 Å². The summed E-state index contributed by atoms with van der Waals surface area (Å²) in [6.07, 6.45) is 5.31. The fraction of sp³-hybridized carbons (Fsp3) is 0.639. The summed E-state index contributed by atoms with van der Waals surface area (Å²) in [5.41, 5.74) is 0.429. The first-order valence-corrected chi connectivity index (χ1v) is 18.9. The third-order valence-corrected chi connectivity index (χ3v) is 12.1. The van der Waals surface area contributed by atoms with Crippen LogP contribution in [-0.2, 0) is 25.8 Å². The maximum Gasteiger partial charge on any atom is 0.287 e. The third-order valence-electron chi connectivity index (χ3n) is 9.97. The molecule has 2 unspecified atom stereocenters. The predicted molar refractivity (Wildman–Crippen MR) is 185 cm³/mol. The maximum absolute atomic E-state index is 14.1.